The molecule has 0 unspecified atom stereocenters. The fourth-order valence-electron chi connectivity index (χ4n) is 1.58. The van der Waals surface area contributed by atoms with E-state index in [1.165, 1.54) is 0 Å². The lowest BCUT2D eigenvalue weighted by atomic mass is 10.0. The summed E-state index contributed by atoms with van der Waals surface area (Å²) in [6.07, 6.45) is 3.80. The molecule has 1 aromatic heterocycles. The Kier molecular flexibility index (Phi) is 5.63. The normalized spacial score (nSPS) is 10.6. The van der Waals surface area contributed by atoms with Gasteiger partial charge in [0, 0.05) is 19.3 Å². The Morgan fingerprint density at radius 2 is 2.12 bits per heavy atom. The second kappa shape index (κ2) is 7.01. The van der Waals surface area contributed by atoms with Crippen molar-refractivity contribution in [3.63, 3.8) is 0 Å². The summed E-state index contributed by atoms with van der Waals surface area (Å²) < 4.78 is 0. The van der Waals surface area contributed by atoms with Crippen molar-refractivity contribution in [2.45, 2.75) is 33.2 Å². The van der Waals surface area contributed by atoms with Crippen molar-refractivity contribution in [2.24, 2.45) is 11.7 Å². The lowest BCUT2D eigenvalue weighted by Gasteiger charge is -2.12. The number of nitrogens with one attached hydrogen (secondary N) is 1. The highest BCUT2D eigenvalue weighted by molar-refractivity contribution is 5.92. The molecule has 0 aliphatic heterocycles. The Balaban J connectivity index is 2.51. The van der Waals surface area contributed by atoms with Crippen molar-refractivity contribution in [1.29, 1.82) is 0 Å². The summed E-state index contributed by atoms with van der Waals surface area (Å²) >= 11 is 0. The van der Waals surface area contributed by atoms with Gasteiger partial charge in [0.25, 0.3) is 5.91 Å². The van der Waals surface area contributed by atoms with E-state index in [1.807, 2.05) is 6.07 Å². The quantitative estimate of drug-likeness (QED) is 0.788. The predicted octanol–water partition coefficient (Wildman–Crippen LogP) is 1.71. The molecule has 94 valence electrons. The van der Waals surface area contributed by atoms with Crippen LogP contribution in [0.3, 0.4) is 0 Å². The SMILES string of the molecule is CCC(CC)CNC(=O)c1ccc(CN)cn1. The number of carbonyl (C=O) groups is 1. The van der Waals surface area contributed by atoms with Crippen molar-refractivity contribution in [3.8, 4) is 0 Å². The molecule has 0 saturated carbocycles. The molecule has 0 aliphatic carbocycles. The van der Waals surface area contributed by atoms with Gasteiger partial charge in [-0.15, -0.1) is 0 Å². The summed E-state index contributed by atoms with van der Waals surface area (Å²) in [6.45, 7) is 5.43. The monoisotopic (exact) mass is 235 g/mol. The third-order valence-electron chi connectivity index (χ3n) is 3.00. The van der Waals surface area contributed by atoms with Crippen LogP contribution in [0.1, 0.15) is 42.7 Å². The molecule has 1 heterocycles. The van der Waals surface area contributed by atoms with Crippen LogP contribution in [0.4, 0.5) is 0 Å². The van der Waals surface area contributed by atoms with E-state index >= 15 is 0 Å². The standard InChI is InChI=1S/C13H21N3O/c1-3-10(4-2)8-16-13(17)12-6-5-11(7-14)9-15-12/h5-6,9-10H,3-4,7-8,14H2,1-2H3,(H,16,17). The number of nitrogens with two attached hydrogens (primary N) is 1. The molecule has 0 aliphatic rings. The van der Waals surface area contributed by atoms with E-state index in [4.69, 9.17) is 5.73 Å². The van der Waals surface area contributed by atoms with Crippen molar-refractivity contribution in [3.05, 3.63) is 29.6 Å². The molecule has 4 heteroatoms. The number of nitrogens with zero attached hydrogens (tertiary/aromatic N) is 1. The van der Waals surface area contributed by atoms with E-state index < -0.39 is 0 Å². The van der Waals surface area contributed by atoms with Crippen LogP contribution in [0.15, 0.2) is 18.3 Å². The zero-order chi connectivity index (χ0) is 12.7. The predicted molar refractivity (Wildman–Crippen MR) is 68.5 cm³/mol. The first-order valence-corrected chi connectivity index (χ1v) is 6.14. The van der Waals surface area contributed by atoms with E-state index in [1.54, 1.807) is 12.3 Å². The van der Waals surface area contributed by atoms with E-state index in [-0.39, 0.29) is 5.91 Å². The van der Waals surface area contributed by atoms with Gasteiger partial charge < -0.3 is 11.1 Å². The Labute approximate surface area is 103 Å². The molecule has 0 saturated heterocycles. The molecule has 1 rings (SSSR count). The lowest BCUT2D eigenvalue weighted by Crippen LogP contribution is -2.29. The summed E-state index contributed by atoms with van der Waals surface area (Å²) in [7, 11) is 0. The molecule has 0 spiro atoms. The Hall–Kier alpha value is -1.42. The highest BCUT2D eigenvalue weighted by atomic mass is 16.1. The van der Waals surface area contributed by atoms with E-state index in [2.05, 4.69) is 24.1 Å². The van der Waals surface area contributed by atoms with Gasteiger partial charge in [-0.2, -0.15) is 0 Å². The van der Waals surface area contributed by atoms with Gasteiger partial charge in [0.1, 0.15) is 5.69 Å². The van der Waals surface area contributed by atoms with Gasteiger partial charge in [0.05, 0.1) is 0 Å². The molecular weight excluding hydrogens is 214 g/mol. The Morgan fingerprint density at radius 1 is 1.41 bits per heavy atom. The first-order valence-electron chi connectivity index (χ1n) is 6.14. The number of pyridine rings is 1. The van der Waals surface area contributed by atoms with E-state index in [9.17, 15) is 4.79 Å². The van der Waals surface area contributed by atoms with Crippen LogP contribution >= 0.6 is 0 Å². The minimum atomic E-state index is -0.111. The zero-order valence-corrected chi connectivity index (χ0v) is 10.6. The van der Waals surface area contributed by atoms with Crippen LogP contribution in [-0.2, 0) is 6.54 Å². The first-order chi connectivity index (χ1) is 8.21. The van der Waals surface area contributed by atoms with Crippen molar-refractivity contribution in [1.82, 2.24) is 10.3 Å². The number of hydrogen-bond acceptors (Lipinski definition) is 3. The third kappa shape index (κ3) is 4.15. The summed E-state index contributed by atoms with van der Waals surface area (Å²) in [5.41, 5.74) is 6.85. The van der Waals surface area contributed by atoms with Gasteiger partial charge in [0.2, 0.25) is 0 Å². The van der Waals surface area contributed by atoms with Gasteiger partial charge in [-0.3, -0.25) is 9.78 Å². The van der Waals surface area contributed by atoms with E-state index in [0.717, 1.165) is 18.4 Å². The van der Waals surface area contributed by atoms with Crippen LogP contribution in [0.2, 0.25) is 0 Å². The largest absolute Gasteiger partial charge is 0.350 e. The molecule has 0 atom stereocenters. The van der Waals surface area contributed by atoms with Gasteiger partial charge in [-0.25, -0.2) is 0 Å². The molecule has 0 bridgehead atoms. The Bertz CT molecular complexity index is 344. The fourth-order valence-corrected chi connectivity index (χ4v) is 1.58. The van der Waals surface area contributed by atoms with Crippen LogP contribution in [0.5, 0.6) is 0 Å². The van der Waals surface area contributed by atoms with Gasteiger partial charge in [0.15, 0.2) is 0 Å². The third-order valence-corrected chi connectivity index (χ3v) is 3.00. The molecule has 0 aromatic carbocycles. The van der Waals surface area contributed by atoms with Crippen LogP contribution in [0, 0.1) is 5.92 Å². The van der Waals surface area contributed by atoms with Crippen molar-refractivity contribution >= 4 is 5.91 Å². The maximum Gasteiger partial charge on any atom is 0.269 e. The second-order valence-electron chi connectivity index (χ2n) is 4.15. The summed E-state index contributed by atoms with van der Waals surface area (Å²) in [4.78, 5) is 15.9. The minimum Gasteiger partial charge on any atom is -0.350 e. The molecule has 0 fully saturated rings. The molecule has 0 radical (unpaired) electrons. The highest BCUT2D eigenvalue weighted by Gasteiger charge is 2.09. The molecule has 17 heavy (non-hydrogen) atoms. The average molecular weight is 235 g/mol. The van der Waals surface area contributed by atoms with Crippen molar-refractivity contribution < 1.29 is 4.79 Å². The average Bonchev–Trinajstić information content (AvgIpc) is 2.39. The number of hydrogen-bond donors (Lipinski definition) is 2. The molecule has 3 N–H and O–H groups in total. The number of rotatable bonds is 6. The zero-order valence-electron chi connectivity index (χ0n) is 10.6. The molecule has 1 amide bonds. The summed E-state index contributed by atoms with van der Waals surface area (Å²) in [5.74, 6) is 0.433. The second-order valence-corrected chi connectivity index (χ2v) is 4.15. The number of aromatic nitrogens is 1. The van der Waals surface area contributed by atoms with Gasteiger partial charge >= 0.3 is 0 Å². The number of amides is 1. The van der Waals surface area contributed by atoms with Gasteiger partial charge in [-0.05, 0) is 17.5 Å². The lowest BCUT2D eigenvalue weighted by molar-refractivity contribution is 0.0941. The maximum absolute atomic E-state index is 11.8. The van der Waals surface area contributed by atoms with E-state index in [0.29, 0.717) is 24.7 Å². The Morgan fingerprint density at radius 3 is 2.59 bits per heavy atom. The first kappa shape index (κ1) is 13.6. The van der Waals surface area contributed by atoms with Crippen LogP contribution in [0.25, 0.3) is 0 Å². The van der Waals surface area contributed by atoms with Crippen LogP contribution in [-0.4, -0.2) is 17.4 Å². The topological polar surface area (TPSA) is 68.0 Å². The maximum atomic E-state index is 11.8. The summed E-state index contributed by atoms with van der Waals surface area (Å²) in [6, 6.07) is 3.55. The fraction of sp³-hybridized carbons (Fsp3) is 0.538. The molecule has 1 aromatic rings. The molecular formula is C13H21N3O. The smallest absolute Gasteiger partial charge is 0.269 e. The van der Waals surface area contributed by atoms with Crippen molar-refractivity contribution in [2.75, 3.05) is 6.54 Å². The molecule has 4 nitrogen and oxygen atoms in total. The number of carbonyl (C=O) groups excluding carboxylic acids is 1. The minimum absolute atomic E-state index is 0.111. The van der Waals surface area contributed by atoms with Gasteiger partial charge in [-0.1, -0.05) is 32.8 Å². The summed E-state index contributed by atoms with van der Waals surface area (Å²) in [5, 5.41) is 2.91. The highest BCUT2D eigenvalue weighted by Crippen LogP contribution is 2.06. The van der Waals surface area contributed by atoms with Crippen LogP contribution < -0.4 is 11.1 Å².